The molecule has 5 atom stereocenters. The molecule has 0 spiro atoms. The molecule has 0 heterocycles. The summed E-state index contributed by atoms with van der Waals surface area (Å²) >= 11 is 1.10. The van der Waals surface area contributed by atoms with Gasteiger partial charge in [0.15, 0.2) is 0 Å². The van der Waals surface area contributed by atoms with Gasteiger partial charge in [0.25, 0.3) is 0 Å². The lowest BCUT2D eigenvalue weighted by Gasteiger charge is -2.23. The minimum atomic E-state index is -1.29. The van der Waals surface area contributed by atoms with Gasteiger partial charge >= 0.3 is 17.9 Å². The minimum Gasteiger partial charge on any atom is -0.481 e. The molecule has 5 unspecified atom stereocenters. The van der Waals surface area contributed by atoms with Crippen LogP contribution in [-0.4, -0.2) is 97.1 Å². The van der Waals surface area contributed by atoms with Gasteiger partial charge in [-0.15, -0.1) is 11.8 Å². The van der Waals surface area contributed by atoms with Crippen molar-refractivity contribution in [2.75, 3.05) is 12.3 Å². The van der Waals surface area contributed by atoms with Crippen LogP contribution < -0.4 is 16.4 Å². The number of allylic oxidation sites excluding steroid dienone is 6. The monoisotopic (exact) mass is 641 g/mol. The number of nitrogens with two attached hydrogens (primary N) is 1. The summed E-state index contributed by atoms with van der Waals surface area (Å²) in [7, 11) is 0. The van der Waals surface area contributed by atoms with Crippen molar-refractivity contribution in [3.8, 4) is 0 Å². The first-order valence-corrected chi connectivity index (χ1v) is 15.6. The van der Waals surface area contributed by atoms with Crippen LogP contribution in [-0.2, 0) is 24.0 Å². The minimum absolute atomic E-state index is 0.0812. The molecule has 0 bridgehead atoms. The van der Waals surface area contributed by atoms with Crippen LogP contribution in [0.15, 0.2) is 48.6 Å². The molecule has 13 nitrogen and oxygen atoms in total. The molecule has 9 N–H and O–H groups in total. The SMILES string of the molecule is CCCCCC(O)C=CC=CC=CC=CC(SCC(NC(=O)CCC(N)C(=O)O)C(=O)NCC(=O)O)C(O)CCCC(=O)O. The molecular formula is C30H47N3O10S. The molecule has 248 valence electrons. The maximum atomic E-state index is 12.6. The lowest BCUT2D eigenvalue weighted by Crippen LogP contribution is -2.50. The molecule has 0 saturated carbocycles. The Morgan fingerprint density at radius 2 is 1.43 bits per heavy atom. The standard InChI is InChI=1S/C30H47N3O10S/c1-2-3-8-12-21(34)13-9-6-4-5-7-10-15-25(24(35)14-11-16-27(37)38)44-20-23(29(41)32-19-28(39)40)33-26(36)18-17-22(31)30(42)43/h4-7,9-10,13,15,21-25,34-35H,2-3,8,11-12,14,16-20,31H2,1H3,(H,32,41)(H,33,36)(H,37,38)(H,39,40)(H,42,43). The number of carbonyl (C=O) groups excluding carboxylic acids is 2. The van der Waals surface area contributed by atoms with Crippen molar-refractivity contribution in [2.24, 2.45) is 5.73 Å². The van der Waals surface area contributed by atoms with Crippen molar-refractivity contribution < 1.29 is 49.5 Å². The molecule has 0 aliphatic carbocycles. The summed E-state index contributed by atoms with van der Waals surface area (Å²) in [4.78, 5) is 57.8. The molecule has 0 aromatic heterocycles. The van der Waals surface area contributed by atoms with E-state index in [1.54, 1.807) is 48.6 Å². The number of aliphatic hydroxyl groups excluding tert-OH is 2. The summed E-state index contributed by atoms with van der Waals surface area (Å²) in [6.07, 6.45) is 15.8. The van der Waals surface area contributed by atoms with Crippen LogP contribution in [0, 0.1) is 0 Å². The molecule has 0 aliphatic heterocycles. The molecule has 0 fully saturated rings. The van der Waals surface area contributed by atoms with Crippen molar-refractivity contribution in [2.45, 2.75) is 94.3 Å². The first-order valence-electron chi connectivity index (χ1n) is 14.5. The number of aliphatic hydroxyl groups is 2. The Kier molecular flexibility index (Phi) is 23.0. The number of aliphatic carboxylic acids is 3. The normalized spacial score (nSPS) is 15.4. The van der Waals surface area contributed by atoms with E-state index in [-0.39, 0.29) is 37.9 Å². The number of hydrogen-bond acceptors (Lipinski definition) is 9. The molecule has 0 saturated heterocycles. The van der Waals surface area contributed by atoms with Gasteiger partial charge in [-0.2, -0.15) is 0 Å². The van der Waals surface area contributed by atoms with E-state index in [9.17, 15) is 34.2 Å². The highest BCUT2D eigenvalue weighted by Crippen LogP contribution is 2.22. The fourth-order valence-corrected chi connectivity index (χ4v) is 4.81. The summed E-state index contributed by atoms with van der Waals surface area (Å²) in [5, 5.41) is 51.4. The second-order valence-corrected chi connectivity index (χ2v) is 11.2. The van der Waals surface area contributed by atoms with E-state index in [4.69, 9.17) is 21.1 Å². The number of carboxylic acid groups (broad SMARTS) is 3. The average molecular weight is 642 g/mol. The van der Waals surface area contributed by atoms with Crippen molar-refractivity contribution in [3.63, 3.8) is 0 Å². The number of amides is 2. The second kappa shape index (κ2) is 24.9. The van der Waals surface area contributed by atoms with Crippen LogP contribution in [0.3, 0.4) is 0 Å². The molecular weight excluding hydrogens is 594 g/mol. The predicted octanol–water partition coefficient (Wildman–Crippen LogP) is 1.75. The summed E-state index contributed by atoms with van der Waals surface area (Å²) in [5.74, 6) is -5.11. The van der Waals surface area contributed by atoms with Crippen LogP contribution in [0.25, 0.3) is 0 Å². The summed E-state index contributed by atoms with van der Waals surface area (Å²) in [6.45, 7) is 1.41. The van der Waals surface area contributed by atoms with Gasteiger partial charge in [-0.1, -0.05) is 74.8 Å². The molecule has 0 radical (unpaired) electrons. The van der Waals surface area contributed by atoms with E-state index in [1.165, 1.54) is 0 Å². The maximum absolute atomic E-state index is 12.6. The van der Waals surface area contributed by atoms with Crippen molar-refractivity contribution in [3.05, 3.63) is 48.6 Å². The van der Waals surface area contributed by atoms with Crippen LogP contribution >= 0.6 is 11.8 Å². The Morgan fingerprint density at radius 3 is 2.02 bits per heavy atom. The van der Waals surface area contributed by atoms with Crippen LogP contribution in [0.2, 0.25) is 0 Å². The molecule has 44 heavy (non-hydrogen) atoms. The topological polar surface area (TPSA) is 237 Å². The Labute approximate surface area is 262 Å². The largest absolute Gasteiger partial charge is 0.481 e. The summed E-state index contributed by atoms with van der Waals surface area (Å²) < 4.78 is 0. The molecule has 2 amide bonds. The number of nitrogens with one attached hydrogen (secondary N) is 2. The molecule has 0 aromatic carbocycles. The highest BCUT2D eigenvalue weighted by atomic mass is 32.2. The Hall–Kier alpha value is -3.46. The van der Waals surface area contributed by atoms with E-state index in [2.05, 4.69) is 17.6 Å². The van der Waals surface area contributed by atoms with Gasteiger partial charge in [0, 0.05) is 23.8 Å². The van der Waals surface area contributed by atoms with Gasteiger partial charge in [0.1, 0.15) is 18.6 Å². The number of hydrogen-bond donors (Lipinski definition) is 8. The van der Waals surface area contributed by atoms with Gasteiger partial charge in [0.05, 0.1) is 12.2 Å². The summed E-state index contributed by atoms with van der Waals surface area (Å²) in [5.41, 5.74) is 5.43. The highest BCUT2D eigenvalue weighted by Gasteiger charge is 2.25. The third-order valence-electron chi connectivity index (χ3n) is 6.08. The number of unbranched alkanes of at least 4 members (excludes halogenated alkanes) is 2. The third-order valence-corrected chi connectivity index (χ3v) is 7.47. The lowest BCUT2D eigenvalue weighted by molar-refractivity contribution is -0.139. The van der Waals surface area contributed by atoms with Crippen LogP contribution in [0.4, 0.5) is 0 Å². The number of carbonyl (C=O) groups is 5. The van der Waals surface area contributed by atoms with Crippen LogP contribution in [0.5, 0.6) is 0 Å². The van der Waals surface area contributed by atoms with E-state index < -0.39 is 65.8 Å². The average Bonchev–Trinajstić information content (AvgIpc) is 2.96. The van der Waals surface area contributed by atoms with Crippen molar-refractivity contribution >= 4 is 41.5 Å². The van der Waals surface area contributed by atoms with Gasteiger partial charge in [0.2, 0.25) is 11.8 Å². The smallest absolute Gasteiger partial charge is 0.322 e. The van der Waals surface area contributed by atoms with E-state index in [0.717, 1.165) is 31.0 Å². The maximum Gasteiger partial charge on any atom is 0.322 e. The number of carboxylic acids is 3. The van der Waals surface area contributed by atoms with Crippen molar-refractivity contribution in [1.82, 2.24) is 10.6 Å². The zero-order valence-electron chi connectivity index (χ0n) is 25.0. The van der Waals surface area contributed by atoms with E-state index in [0.29, 0.717) is 6.42 Å². The molecule has 0 aromatic rings. The van der Waals surface area contributed by atoms with Crippen molar-refractivity contribution in [1.29, 1.82) is 0 Å². The lowest BCUT2D eigenvalue weighted by atomic mass is 10.1. The Balaban J connectivity index is 5.45. The quantitative estimate of drug-likeness (QED) is 0.0526. The number of thioether (sulfide) groups is 1. The Morgan fingerprint density at radius 1 is 0.795 bits per heavy atom. The zero-order chi connectivity index (χ0) is 33.3. The van der Waals surface area contributed by atoms with Crippen LogP contribution in [0.1, 0.15) is 64.7 Å². The predicted molar refractivity (Wildman–Crippen MR) is 168 cm³/mol. The van der Waals surface area contributed by atoms with E-state index in [1.807, 2.05) is 0 Å². The van der Waals surface area contributed by atoms with Gasteiger partial charge in [-0.05, 0) is 25.7 Å². The first kappa shape index (κ1) is 40.5. The molecule has 0 rings (SSSR count). The first-order chi connectivity index (χ1) is 20.9. The number of rotatable bonds is 25. The molecule has 0 aliphatic rings. The molecule has 14 heteroatoms. The Bertz CT molecular complexity index is 1020. The van der Waals surface area contributed by atoms with E-state index >= 15 is 0 Å². The van der Waals surface area contributed by atoms with Gasteiger partial charge in [-0.25, -0.2) is 0 Å². The summed E-state index contributed by atoms with van der Waals surface area (Å²) in [6, 6.07) is -2.48. The fourth-order valence-electron chi connectivity index (χ4n) is 3.60. The van der Waals surface area contributed by atoms with Gasteiger partial charge in [-0.3, -0.25) is 24.0 Å². The zero-order valence-corrected chi connectivity index (χ0v) is 25.9. The van der Waals surface area contributed by atoms with Gasteiger partial charge < -0.3 is 41.9 Å². The second-order valence-electron chi connectivity index (χ2n) is 9.97. The third kappa shape index (κ3) is 22.1. The fraction of sp³-hybridized carbons (Fsp3) is 0.567. The highest BCUT2D eigenvalue weighted by molar-refractivity contribution is 8.00.